The van der Waals surface area contributed by atoms with Crippen molar-refractivity contribution in [3.63, 3.8) is 0 Å². The third-order valence-corrected chi connectivity index (χ3v) is 9.10. The lowest BCUT2D eigenvalue weighted by molar-refractivity contribution is -0.140. The first-order chi connectivity index (χ1) is 12.1. The third-order valence-electron chi connectivity index (χ3n) is 9.10. The Hall–Kier alpha value is -1.15. The fourth-order valence-electron chi connectivity index (χ4n) is 7.13. The molecule has 1 fully saturated rings. The van der Waals surface area contributed by atoms with E-state index in [0.29, 0.717) is 23.5 Å². The molecule has 0 radical (unpaired) electrons. The summed E-state index contributed by atoms with van der Waals surface area (Å²) >= 11 is 0. The van der Waals surface area contributed by atoms with E-state index < -0.39 is 0 Å². The zero-order valence-electron chi connectivity index (χ0n) is 17.0. The number of fused-ring (bicyclic) bond motifs is 5. The SMILES string of the molecule is CC(=O)[C@@]1(C)C=CC[C@H]2[C@@H]3C=C(C)C4=C[C@@H](O)CC[C@]4(C)[C@H]3CC[C@@]21C. The molecule has 1 saturated carbocycles. The largest absolute Gasteiger partial charge is 0.389 e. The number of aliphatic hydroxyl groups is 1. The molecule has 0 aromatic rings. The average molecular weight is 355 g/mol. The molecule has 0 saturated heterocycles. The summed E-state index contributed by atoms with van der Waals surface area (Å²) in [4.78, 5) is 12.6. The van der Waals surface area contributed by atoms with Gasteiger partial charge < -0.3 is 5.11 Å². The van der Waals surface area contributed by atoms with Crippen LogP contribution < -0.4 is 0 Å². The normalized spacial score (nSPS) is 50.1. The molecule has 0 spiro atoms. The highest BCUT2D eigenvalue weighted by molar-refractivity contribution is 5.85. The van der Waals surface area contributed by atoms with Crippen LogP contribution >= 0.6 is 0 Å². The zero-order valence-corrected chi connectivity index (χ0v) is 17.0. The second-order valence-electron chi connectivity index (χ2n) is 10.1. The molecule has 0 aliphatic heterocycles. The van der Waals surface area contributed by atoms with Gasteiger partial charge in [-0.25, -0.2) is 0 Å². The van der Waals surface area contributed by atoms with E-state index in [4.69, 9.17) is 0 Å². The fraction of sp³-hybridized carbons (Fsp3) is 0.708. The van der Waals surface area contributed by atoms with Crippen molar-refractivity contribution in [2.75, 3.05) is 0 Å². The maximum Gasteiger partial charge on any atom is 0.139 e. The first-order valence-electron chi connectivity index (χ1n) is 10.4. The van der Waals surface area contributed by atoms with Crippen LogP contribution in [0.4, 0.5) is 0 Å². The van der Waals surface area contributed by atoms with E-state index >= 15 is 0 Å². The Morgan fingerprint density at radius 2 is 1.85 bits per heavy atom. The molecule has 0 heterocycles. The van der Waals surface area contributed by atoms with Crippen molar-refractivity contribution in [2.24, 2.45) is 34.0 Å². The summed E-state index contributed by atoms with van der Waals surface area (Å²) in [5, 5.41) is 10.2. The summed E-state index contributed by atoms with van der Waals surface area (Å²) in [6, 6.07) is 0. The number of aliphatic hydroxyl groups excluding tert-OH is 1. The van der Waals surface area contributed by atoms with Crippen molar-refractivity contribution in [3.8, 4) is 0 Å². The van der Waals surface area contributed by atoms with E-state index in [-0.39, 0.29) is 22.3 Å². The fourth-order valence-corrected chi connectivity index (χ4v) is 7.13. The molecule has 0 aromatic heterocycles. The van der Waals surface area contributed by atoms with Gasteiger partial charge in [0.1, 0.15) is 5.78 Å². The molecular weight excluding hydrogens is 320 g/mol. The van der Waals surface area contributed by atoms with Crippen LogP contribution in [-0.4, -0.2) is 17.0 Å². The Labute approximate surface area is 158 Å². The molecule has 4 rings (SSSR count). The molecule has 0 amide bonds. The van der Waals surface area contributed by atoms with Gasteiger partial charge in [0.25, 0.3) is 0 Å². The number of rotatable bonds is 1. The highest BCUT2D eigenvalue weighted by Crippen LogP contribution is 2.66. The maximum absolute atomic E-state index is 12.6. The minimum absolute atomic E-state index is 0.0390. The predicted molar refractivity (Wildman–Crippen MR) is 106 cm³/mol. The van der Waals surface area contributed by atoms with Gasteiger partial charge in [0, 0.05) is 5.41 Å². The highest BCUT2D eigenvalue weighted by atomic mass is 16.3. The lowest BCUT2D eigenvalue weighted by Gasteiger charge is -2.62. The van der Waals surface area contributed by atoms with Crippen LogP contribution in [0.2, 0.25) is 0 Å². The van der Waals surface area contributed by atoms with Gasteiger partial charge in [-0.2, -0.15) is 0 Å². The molecule has 2 nitrogen and oxygen atoms in total. The lowest BCUT2D eigenvalue weighted by atomic mass is 9.41. The van der Waals surface area contributed by atoms with Crippen LogP contribution in [0.5, 0.6) is 0 Å². The van der Waals surface area contributed by atoms with Crippen molar-refractivity contribution in [2.45, 2.75) is 72.8 Å². The van der Waals surface area contributed by atoms with Crippen LogP contribution in [0.3, 0.4) is 0 Å². The average Bonchev–Trinajstić information content (AvgIpc) is 2.57. The van der Waals surface area contributed by atoms with Gasteiger partial charge in [-0.05, 0) is 87.0 Å². The van der Waals surface area contributed by atoms with Gasteiger partial charge in [0.15, 0.2) is 0 Å². The van der Waals surface area contributed by atoms with Crippen LogP contribution in [0, 0.1) is 34.0 Å². The molecular formula is C24H34O2. The number of carbonyl (C=O) groups is 1. The molecule has 1 N–H and O–H groups in total. The third kappa shape index (κ3) is 2.17. The van der Waals surface area contributed by atoms with Crippen molar-refractivity contribution in [3.05, 3.63) is 35.5 Å². The van der Waals surface area contributed by atoms with E-state index in [1.807, 2.05) is 0 Å². The van der Waals surface area contributed by atoms with Gasteiger partial charge in [-0.15, -0.1) is 0 Å². The van der Waals surface area contributed by atoms with Gasteiger partial charge in [-0.3, -0.25) is 4.79 Å². The van der Waals surface area contributed by atoms with Gasteiger partial charge in [0.05, 0.1) is 6.10 Å². The highest BCUT2D eigenvalue weighted by Gasteiger charge is 2.60. The Morgan fingerprint density at radius 1 is 1.12 bits per heavy atom. The number of hydrogen-bond donors (Lipinski definition) is 1. The second-order valence-corrected chi connectivity index (χ2v) is 10.1. The monoisotopic (exact) mass is 354 g/mol. The standard InChI is InChI=1S/C24H34O2/c1-15-13-18-19(22(3)11-8-17(26)14-21(15)22)9-12-24(5)20(18)7-6-10-23(24,4)16(2)25/h6,10,13-14,17-20,26H,7-9,11-12H2,1-5H3/t17-,18+,19-,20-,22+,23+,24-/m0/s1. The summed E-state index contributed by atoms with van der Waals surface area (Å²) in [5.41, 5.74) is 2.62. The van der Waals surface area contributed by atoms with Crippen molar-refractivity contribution in [1.82, 2.24) is 0 Å². The molecule has 0 unspecified atom stereocenters. The molecule has 4 aliphatic rings. The summed E-state index contributed by atoms with van der Waals surface area (Å²) in [7, 11) is 0. The van der Waals surface area contributed by atoms with Gasteiger partial charge >= 0.3 is 0 Å². The molecule has 0 aromatic carbocycles. The lowest BCUT2D eigenvalue weighted by Crippen LogP contribution is -2.57. The van der Waals surface area contributed by atoms with Crippen molar-refractivity contribution in [1.29, 1.82) is 0 Å². The summed E-state index contributed by atoms with van der Waals surface area (Å²) in [6.45, 7) is 11.0. The van der Waals surface area contributed by atoms with E-state index in [2.05, 4.69) is 52.0 Å². The summed E-state index contributed by atoms with van der Waals surface area (Å²) in [6.07, 6.45) is 14.2. The first-order valence-corrected chi connectivity index (χ1v) is 10.4. The van der Waals surface area contributed by atoms with Gasteiger partial charge in [0.2, 0.25) is 0 Å². The molecule has 2 heteroatoms. The summed E-state index contributed by atoms with van der Waals surface area (Å²) < 4.78 is 0. The second kappa shape index (κ2) is 5.67. The van der Waals surface area contributed by atoms with Crippen LogP contribution in [0.25, 0.3) is 0 Å². The molecule has 142 valence electrons. The maximum atomic E-state index is 12.6. The molecule has 4 aliphatic carbocycles. The first kappa shape index (κ1) is 18.2. The van der Waals surface area contributed by atoms with Crippen LogP contribution in [0.15, 0.2) is 35.5 Å². The molecule has 7 atom stereocenters. The van der Waals surface area contributed by atoms with Crippen molar-refractivity contribution >= 4 is 5.78 Å². The Bertz CT molecular complexity index is 728. The minimum atomic E-state index is -0.345. The van der Waals surface area contributed by atoms with Crippen LogP contribution in [-0.2, 0) is 4.79 Å². The number of Topliss-reactive ketones (excluding diaryl/α,β-unsaturated/α-hetero) is 1. The van der Waals surface area contributed by atoms with E-state index in [1.165, 1.54) is 17.6 Å². The van der Waals surface area contributed by atoms with Crippen molar-refractivity contribution < 1.29 is 9.90 Å². The minimum Gasteiger partial charge on any atom is -0.389 e. The molecule has 0 bridgehead atoms. The number of carbonyl (C=O) groups excluding carboxylic acids is 1. The zero-order chi connectivity index (χ0) is 18.9. The Balaban J connectivity index is 1.81. The summed E-state index contributed by atoms with van der Waals surface area (Å²) in [5.74, 6) is 2.00. The van der Waals surface area contributed by atoms with Gasteiger partial charge in [-0.1, -0.05) is 43.7 Å². The molecule has 26 heavy (non-hydrogen) atoms. The Kier molecular flexibility index (Phi) is 3.98. The smallest absolute Gasteiger partial charge is 0.139 e. The van der Waals surface area contributed by atoms with E-state index in [0.717, 1.165) is 25.7 Å². The number of hydrogen-bond acceptors (Lipinski definition) is 2. The van der Waals surface area contributed by atoms with E-state index in [9.17, 15) is 9.90 Å². The number of ketones is 1. The van der Waals surface area contributed by atoms with E-state index in [1.54, 1.807) is 6.92 Å². The predicted octanol–water partition coefficient (Wildman–Crippen LogP) is 5.24. The number of allylic oxidation sites excluding steroid dienone is 5. The Morgan fingerprint density at radius 3 is 2.54 bits per heavy atom. The van der Waals surface area contributed by atoms with Crippen LogP contribution in [0.1, 0.15) is 66.7 Å². The topological polar surface area (TPSA) is 37.3 Å². The quantitative estimate of drug-likeness (QED) is 0.654.